The number of carbonyl (C=O) groups is 2. The largest absolute Gasteiger partial charge is 0.481 e. The van der Waals surface area contributed by atoms with Crippen molar-refractivity contribution in [3.63, 3.8) is 0 Å². The average Bonchev–Trinajstić information content (AvgIpc) is 2.82. The quantitative estimate of drug-likeness (QED) is 0.872. The summed E-state index contributed by atoms with van der Waals surface area (Å²) in [5.41, 5.74) is -0.792. The predicted octanol–water partition coefficient (Wildman–Crippen LogP) is 2.74. The molecule has 0 aliphatic heterocycles. The number of hydrogen-bond acceptors (Lipinski definition) is 3. The van der Waals surface area contributed by atoms with Gasteiger partial charge in [0.2, 0.25) is 5.91 Å². The molecule has 1 heterocycles. The first-order valence-corrected chi connectivity index (χ1v) is 7.49. The summed E-state index contributed by atoms with van der Waals surface area (Å²) >= 11 is 1.62. The van der Waals surface area contributed by atoms with Crippen molar-refractivity contribution in [3.8, 4) is 0 Å². The molecule has 1 N–H and O–H groups in total. The first-order valence-electron chi connectivity index (χ1n) is 6.61. The lowest BCUT2D eigenvalue weighted by Crippen LogP contribution is -2.43. The monoisotopic (exact) mass is 281 g/mol. The molecule has 1 fully saturated rings. The Bertz CT molecular complexity index is 451. The van der Waals surface area contributed by atoms with Crippen LogP contribution in [0, 0.1) is 5.41 Å². The second kappa shape index (κ2) is 5.74. The lowest BCUT2D eigenvalue weighted by Gasteiger charge is -2.38. The van der Waals surface area contributed by atoms with Crippen LogP contribution in [-0.4, -0.2) is 28.4 Å². The summed E-state index contributed by atoms with van der Waals surface area (Å²) in [5.74, 6) is -0.864. The van der Waals surface area contributed by atoms with Crippen LogP contribution in [0.1, 0.15) is 37.5 Å². The molecule has 1 aliphatic carbocycles. The number of aliphatic carboxylic acids is 1. The summed E-state index contributed by atoms with van der Waals surface area (Å²) in [5, 5.41) is 11.3. The van der Waals surface area contributed by atoms with Crippen molar-refractivity contribution in [3.05, 3.63) is 22.4 Å². The molecule has 0 radical (unpaired) electrons. The Labute approximate surface area is 117 Å². The number of rotatable bonds is 6. The van der Waals surface area contributed by atoms with E-state index in [1.165, 1.54) is 0 Å². The number of carboxylic acid groups (broad SMARTS) is 1. The van der Waals surface area contributed by atoms with Gasteiger partial charge in [0.1, 0.15) is 0 Å². The topological polar surface area (TPSA) is 57.6 Å². The molecule has 104 valence electrons. The lowest BCUT2D eigenvalue weighted by molar-refractivity contribution is -0.159. The minimum Gasteiger partial charge on any atom is -0.481 e. The molecular formula is C14H19NO3S. The van der Waals surface area contributed by atoms with E-state index in [1.54, 1.807) is 16.2 Å². The van der Waals surface area contributed by atoms with Crippen molar-refractivity contribution in [2.45, 2.75) is 39.2 Å². The van der Waals surface area contributed by atoms with Crippen LogP contribution in [-0.2, 0) is 16.1 Å². The van der Waals surface area contributed by atoms with Gasteiger partial charge in [-0.3, -0.25) is 9.59 Å². The van der Waals surface area contributed by atoms with E-state index in [1.807, 2.05) is 24.4 Å². The van der Waals surface area contributed by atoms with E-state index >= 15 is 0 Å². The van der Waals surface area contributed by atoms with Gasteiger partial charge in [-0.25, -0.2) is 0 Å². The van der Waals surface area contributed by atoms with Crippen molar-refractivity contribution in [1.82, 2.24) is 4.90 Å². The molecular weight excluding hydrogens is 262 g/mol. The van der Waals surface area contributed by atoms with Gasteiger partial charge < -0.3 is 10.0 Å². The number of carboxylic acids is 1. The van der Waals surface area contributed by atoms with E-state index in [2.05, 4.69) is 0 Å². The third-order valence-electron chi connectivity index (χ3n) is 3.92. The first kappa shape index (κ1) is 14.1. The van der Waals surface area contributed by atoms with E-state index in [0.717, 1.165) is 11.3 Å². The van der Waals surface area contributed by atoms with Gasteiger partial charge in [0.05, 0.1) is 12.0 Å². The summed E-state index contributed by atoms with van der Waals surface area (Å²) < 4.78 is 0. The third-order valence-corrected chi connectivity index (χ3v) is 4.78. The standard InChI is InChI=1S/C14H19NO3S/c1-2-15(10-11-5-3-8-19-11)12(16)9-14(13(17)18)6-4-7-14/h3,5,8H,2,4,6-7,9-10H2,1H3,(H,17,18). The molecule has 1 saturated carbocycles. The van der Waals surface area contributed by atoms with E-state index in [0.29, 0.717) is 25.9 Å². The molecule has 4 nitrogen and oxygen atoms in total. The number of carbonyl (C=O) groups excluding carboxylic acids is 1. The zero-order valence-electron chi connectivity index (χ0n) is 11.1. The first-order chi connectivity index (χ1) is 9.07. The molecule has 0 aromatic carbocycles. The van der Waals surface area contributed by atoms with Crippen molar-refractivity contribution in [2.24, 2.45) is 5.41 Å². The van der Waals surface area contributed by atoms with E-state index in [9.17, 15) is 14.7 Å². The van der Waals surface area contributed by atoms with Crippen LogP contribution in [0.3, 0.4) is 0 Å². The highest BCUT2D eigenvalue weighted by Crippen LogP contribution is 2.44. The van der Waals surface area contributed by atoms with Crippen molar-refractivity contribution < 1.29 is 14.7 Å². The maximum Gasteiger partial charge on any atom is 0.310 e. The molecule has 0 bridgehead atoms. The van der Waals surface area contributed by atoms with Crippen LogP contribution in [0.25, 0.3) is 0 Å². The van der Waals surface area contributed by atoms with E-state index in [-0.39, 0.29) is 12.3 Å². The van der Waals surface area contributed by atoms with Crippen LogP contribution in [0.5, 0.6) is 0 Å². The molecule has 1 aliphatic rings. The Morgan fingerprint density at radius 1 is 1.47 bits per heavy atom. The van der Waals surface area contributed by atoms with Gasteiger partial charge in [-0.1, -0.05) is 12.5 Å². The molecule has 1 aromatic heterocycles. The SMILES string of the molecule is CCN(Cc1cccs1)C(=O)CC1(C(=O)O)CCC1. The van der Waals surface area contributed by atoms with Gasteiger partial charge in [0.25, 0.3) is 0 Å². The summed E-state index contributed by atoms with van der Waals surface area (Å²) in [6.07, 6.45) is 2.31. The maximum absolute atomic E-state index is 12.3. The Morgan fingerprint density at radius 3 is 2.63 bits per heavy atom. The maximum atomic E-state index is 12.3. The highest BCUT2D eigenvalue weighted by atomic mass is 32.1. The summed E-state index contributed by atoms with van der Waals surface area (Å²) in [6, 6.07) is 3.96. The summed E-state index contributed by atoms with van der Waals surface area (Å²) in [7, 11) is 0. The smallest absolute Gasteiger partial charge is 0.310 e. The summed E-state index contributed by atoms with van der Waals surface area (Å²) in [6.45, 7) is 3.13. The average molecular weight is 281 g/mol. The van der Waals surface area contributed by atoms with Gasteiger partial charge >= 0.3 is 5.97 Å². The fourth-order valence-corrected chi connectivity index (χ4v) is 3.16. The number of amides is 1. The normalized spacial score (nSPS) is 16.7. The minimum absolute atomic E-state index is 0.0435. The summed E-state index contributed by atoms with van der Waals surface area (Å²) in [4.78, 5) is 26.5. The Balaban J connectivity index is 1.99. The number of thiophene rings is 1. The minimum atomic E-state index is -0.820. The fourth-order valence-electron chi connectivity index (χ4n) is 2.44. The van der Waals surface area contributed by atoms with Crippen LogP contribution in [0.15, 0.2) is 17.5 Å². The molecule has 19 heavy (non-hydrogen) atoms. The molecule has 0 spiro atoms. The van der Waals surface area contributed by atoms with Crippen molar-refractivity contribution >= 4 is 23.2 Å². The number of nitrogens with zero attached hydrogens (tertiary/aromatic N) is 1. The van der Waals surface area contributed by atoms with Gasteiger partial charge in [0, 0.05) is 17.8 Å². The van der Waals surface area contributed by atoms with Gasteiger partial charge in [-0.05, 0) is 31.2 Å². The number of hydrogen-bond donors (Lipinski definition) is 1. The zero-order valence-corrected chi connectivity index (χ0v) is 11.9. The van der Waals surface area contributed by atoms with Crippen LogP contribution in [0.2, 0.25) is 0 Å². The van der Waals surface area contributed by atoms with Crippen molar-refractivity contribution in [1.29, 1.82) is 0 Å². The lowest BCUT2D eigenvalue weighted by atomic mass is 9.66. The highest BCUT2D eigenvalue weighted by Gasteiger charge is 2.46. The molecule has 5 heteroatoms. The fraction of sp³-hybridized carbons (Fsp3) is 0.571. The van der Waals surface area contributed by atoms with E-state index < -0.39 is 11.4 Å². The molecule has 0 atom stereocenters. The van der Waals surface area contributed by atoms with Crippen LogP contribution >= 0.6 is 11.3 Å². The molecule has 1 amide bonds. The second-order valence-electron chi connectivity index (χ2n) is 5.10. The third kappa shape index (κ3) is 2.97. The van der Waals surface area contributed by atoms with E-state index in [4.69, 9.17) is 0 Å². The predicted molar refractivity (Wildman–Crippen MR) is 73.9 cm³/mol. The molecule has 0 saturated heterocycles. The van der Waals surface area contributed by atoms with Crippen LogP contribution < -0.4 is 0 Å². The van der Waals surface area contributed by atoms with Gasteiger partial charge in [0.15, 0.2) is 0 Å². The highest BCUT2D eigenvalue weighted by molar-refractivity contribution is 7.09. The van der Waals surface area contributed by atoms with Crippen molar-refractivity contribution in [2.75, 3.05) is 6.54 Å². The Morgan fingerprint density at radius 2 is 2.21 bits per heavy atom. The Kier molecular flexibility index (Phi) is 4.24. The van der Waals surface area contributed by atoms with Crippen LogP contribution in [0.4, 0.5) is 0 Å². The molecule has 2 rings (SSSR count). The second-order valence-corrected chi connectivity index (χ2v) is 6.14. The van der Waals surface area contributed by atoms with Gasteiger partial charge in [-0.15, -0.1) is 11.3 Å². The Hall–Kier alpha value is -1.36. The molecule has 1 aromatic rings. The zero-order chi connectivity index (χ0) is 13.9. The molecule has 0 unspecified atom stereocenters. The van der Waals surface area contributed by atoms with Gasteiger partial charge in [-0.2, -0.15) is 0 Å².